The van der Waals surface area contributed by atoms with Crippen LogP contribution in [0.4, 0.5) is 11.4 Å². The molecule has 1 N–H and O–H groups in total. The summed E-state index contributed by atoms with van der Waals surface area (Å²) < 4.78 is 34.4. The van der Waals surface area contributed by atoms with Crippen LogP contribution in [0, 0.1) is 0 Å². The van der Waals surface area contributed by atoms with Crippen molar-refractivity contribution in [3.63, 3.8) is 0 Å². The molecule has 0 aromatic heterocycles. The van der Waals surface area contributed by atoms with E-state index in [0.717, 1.165) is 43.2 Å². The highest BCUT2D eigenvalue weighted by Crippen LogP contribution is 2.32. The third kappa shape index (κ3) is 4.69. The van der Waals surface area contributed by atoms with Gasteiger partial charge in [0.25, 0.3) is 0 Å². The van der Waals surface area contributed by atoms with Crippen molar-refractivity contribution in [3.8, 4) is 0 Å². The Labute approximate surface area is 177 Å². The number of fused-ring (bicyclic) bond motifs is 1. The molecule has 2 aromatic rings. The molecule has 6 nitrogen and oxygen atoms in total. The summed E-state index contributed by atoms with van der Waals surface area (Å²) in [6.07, 6.45) is 3.23. The fourth-order valence-electron chi connectivity index (χ4n) is 4.41. The molecule has 0 saturated carbocycles. The molecule has 0 aliphatic carbocycles. The first-order chi connectivity index (χ1) is 13.9. The number of likely N-dealkylation sites (tertiary alicyclic amines) is 1. The van der Waals surface area contributed by atoms with Crippen LogP contribution in [0.15, 0.2) is 48.5 Å². The van der Waals surface area contributed by atoms with Gasteiger partial charge in [0.1, 0.15) is 0 Å². The van der Waals surface area contributed by atoms with Gasteiger partial charge >= 0.3 is 10.3 Å². The van der Waals surface area contributed by atoms with Crippen molar-refractivity contribution >= 4 is 33.3 Å². The largest absolute Gasteiger partial charge is 0.368 e. The predicted octanol–water partition coefficient (Wildman–Crippen LogP) is 3.48. The van der Waals surface area contributed by atoms with E-state index in [2.05, 4.69) is 34.1 Å². The first-order valence-electron chi connectivity index (χ1n) is 9.99. The lowest BCUT2D eigenvalue weighted by molar-refractivity contribution is 0.215. The van der Waals surface area contributed by atoms with Crippen LogP contribution in [-0.2, 0) is 16.7 Å². The number of nitrogens with zero attached hydrogens (tertiary/aromatic N) is 3. The molecule has 0 atom stereocenters. The molecule has 156 valence electrons. The zero-order chi connectivity index (χ0) is 20.4. The van der Waals surface area contributed by atoms with Gasteiger partial charge in [0.05, 0.1) is 5.69 Å². The highest BCUT2D eigenvalue weighted by Gasteiger charge is 2.29. The summed E-state index contributed by atoms with van der Waals surface area (Å²) >= 11 is 5.89. The van der Waals surface area contributed by atoms with E-state index < -0.39 is 10.3 Å². The number of rotatable bonds is 6. The van der Waals surface area contributed by atoms with Gasteiger partial charge in [0.2, 0.25) is 0 Å². The number of hydrogen-bond donors (Lipinski definition) is 1. The summed E-state index contributed by atoms with van der Waals surface area (Å²) in [5, 5.41) is 0.523. The second kappa shape index (κ2) is 8.52. The van der Waals surface area contributed by atoms with Crippen LogP contribution in [0.3, 0.4) is 0 Å². The first-order valence-corrected chi connectivity index (χ1v) is 11.8. The molecule has 4 rings (SSSR count). The van der Waals surface area contributed by atoms with E-state index >= 15 is 0 Å². The number of benzene rings is 2. The van der Waals surface area contributed by atoms with Gasteiger partial charge in [-0.1, -0.05) is 29.8 Å². The minimum atomic E-state index is -4.33. The van der Waals surface area contributed by atoms with Crippen LogP contribution in [0.5, 0.6) is 0 Å². The SMILES string of the molecule is O=S(=O)(O)N(CCN1CCC(N2CCc3ccccc32)CC1)c1ccc(Cl)cc1. The topological polar surface area (TPSA) is 64.1 Å². The van der Waals surface area contributed by atoms with Crippen LogP contribution in [0.1, 0.15) is 18.4 Å². The number of hydrogen-bond acceptors (Lipinski definition) is 4. The van der Waals surface area contributed by atoms with Gasteiger partial charge in [-0.05, 0) is 55.2 Å². The first kappa shape index (κ1) is 20.5. The quantitative estimate of drug-likeness (QED) is 0.704. The third-order valence-electron chi connectivity index (χ3n) is 5.93. The molecule has 2 aliphatic heterocycles. The second-order valence-electron chi connectivity index (χ2n) is 7.67. The number of para-hydroxylation sites is 1. The van der Waals surface area contributed by atoms with Gasteiger partial charge < -0.3 is 9.80 Å². The van der Waals surface area contributed by atoms with E-state index in [1.54, 1.807) is 24.3 Å². The maximum Gasteiger partial charge on any atom is 0.360 e. The fourth-order valence-corrected chi connectivity index (χ4v) is 5.24. The van der Waals surface area contributed by atoms with Crippen LogP contribution in [0.25, 0.3) is 0 Å². The van der Waals surface area contributed by atoms with E-state index in [1.165, 1.54) is 11.3 Å². The zero-order valence-electron chi connectivity index (χ0n) is 16.2. The molecule has 0 amide bonds. The Bertz CT molecular complexity index is 944. The summed E-state index contributed by atoms with van der Waals surface area (Å²) in [5.74, 6) is 0. The second-order valence-corrected chi connectivity index (χ2v) is 9.44. The van der Waals surface area contributed by atoms with Gasteiger partial charge in [-0.2, -0.15) is 8.42 Å². The molecule has 0 radical (unpaired) electrons. The summed E-state index contributed by atoms with van der Waals surface area (Å²) in [4.78, 5) is 4.80. The Hall–Kier alpha value is -1.80. The van der Waals surface area contributed by atoms with Crippen molar-refractivity contribution in [1.82, 2.24) is 4.90 Å². The van der Waals surface area contributed by atoms with Crippen molar-refractivity contribution in [2.45, 2.75) is 25.3 Å². The lowest BCUT2D eigenvalue weighted by Gasteiger charge is -2.38. The average Bonchev–Trinajstić information content (AvgIpc) is 3.13. The van der Waals surface area contributed by atoms with Crippen LogP contribution in [-0.4, -0.2) is 56.6 Å². The van der Waals surface area contributed by atoms with E-state index in [4.69, 9.17) is 11.6 Å². The fraction of sp³-hybridized carbons (Fsp3) is 0.429. The number of anilines is 2. The van der Waals surface area contributed by atoms with Crippen molar-refractivity contribution in [2.75, 3.05) is 41.9 Å². The van der Waals surface area contributed by atoms with Gasteiger partial charge in [0.15, 0.2) is 0 Å². The summed E-state index contributed by atoms with van der Waals surface area (Å²) in [5.41, 5.74) is 3.22. The molecule has 2 aliphatic rings. The summed E-state index contributed by atoms with van der Waals surface area (Å²) in [6, 6.07) is 15.6. The third-order valence-corrected chi connectivity index (χ3v) is 7.14. The lowest BCUT2D eigenvalue weighted by atomic mass is 10.0. The molecule has 0 bridgehead atoms. The summed E-state index contributed by atoms with van der Waals surface area (Å²) in [6.45, 7) is 3.70. The molecular weight excluding hydrogens is 410 g/mol. The Morgan fingerprint density at radius 1 is 1.03 bits per heavy atom. The normalized spacial score (nSPS) is 18.1. The number of halogens is 1. The molecule has 1 fully saturated rings. The molecule has 0 spiro atoms. The molecule has 0 unspecified atom stereocenters. The maximum absolute atomic E-state index is 11.9. The van der Waals surface area contributed by atoms with Crippen molar-refractivity contribution in [1.29, 1.82) is 0 Å². The van der Waals surface area contributed by atoms with Gasteiger partial charge in [-0.25, -0.2) is 4.31 Å². The Kier molecular flexibility index (Phi) is 6.01. The number of piperidine rings is 1. The standard InChI is InChI=1S/C21H26ClN3O3S/c22-18-5-7-20(8-6-18)25(29(26,27)28)16-15-23-12-10-19(11-13-23)24-14-9-17-3-1-2-4-21(17)24/h1-8,19H,9-16H2,(H,26,27,28). The Balaban J connectivity index is 1.34. The molecule has 1 saturated heterocycles. The maximum atomic E-state index is 11.9. The molecule has 2 aromatic carbocycles. The van der Waals surface area contributed by atoms with E-state index in [9.17, 15) is 13.0 Å². The average molecular weight is 436 g/mol. The highest BCUT2D eigenvalue weighted by molar-refractivity contribution is 7.87. The van der Waals surface area contributed by atoms with E-state index in [1.807, 2.05) is 0 Å². The van der Waals surface area contributed by atoms with Gasteiger partial charge in [-0.3, -0.25) is 4.55 Å². The minimum Gasteiger partial charge on any atom is -0.368 e. The van der Waals surface area contributed by atoms with Crippen molar-refractivity contribution in [3.05, 3.63) is 59.1 Å². The molecule has 29 heavy (non-hydrogen) atoms. The minimum absolute atomic E-state index is 0.206. The van der Waals surface area contributed by atoms with Crippen LogP contribution >= 0.6 is 11.6 Å². The van der Waals surface area contributed by atoms with Gasteiger partial charge in [-0.15, -0.1) is 0 Å². The molecule has 2 heterocycles. The van der Waals surface area contributed by atoms with Crippen LogP contribution in [0.2, 0.25) is 5.02 Å². The smallest absolute Gasteiger partial charge is 0.360 e. The van der Waals surface area contributed by atoms with Crippen molar-refractivity contribution in [2.24, 2.45) is 0 Å². The monoisotopic (exact) mass is 435 g/mol. The zero-order valence-corrected chi connectivity index (χ0v) is 17.8. The van der Waals surface area contributed by atoms with E-state index in [0.29, 0.717) is 23.3 Å². The molecule has 8 heteroatoms. The molecular formula is C21H26ClN3O3S. The Morgan fingerprint density at radius 2 is 1.72 bits per heavy atom. The highest BCUT2D eigenvalue weighted by atomic mass is 35.5. The predicted molar refractivity (Wildman–Crippen MR) is 117 cm³/mol. The Morgan fingerprint density at radius 3 is 2.41 bits per heavy atom. The van der Waals surface area contributed by atoms with Crippen molar-refractivity contribution < 1.29 is 13.0 Å². The van der Waals surface area contributed by atoms with Crippen LogP contribution < -0.4 is 9.21 Å². The summed E-state index contributed by atoms with van der Waals surface area (Å²) in [7, 11) is -4.33. The van der Waals surface area contributed by atoms with E-state index in [-0.39, 0.29) is 6.54 Å². The van der Waals surface area contributed by atoms with Gasteiger partial charge in [0, 0.05) is 49.5 Å². The lowest BCUT2D eigenvalue weighted by Crippen LogP contribution is -2.47.